The molecule has 2 heterocycles. The van der Waals surface area contributed by atoms with Gasteiger partial charge < -0.3 is 15.5 Å². The van der Waals surface area contributed by atoms with Gasteiger partial charge in [0.1, 0.15) is 11.9 Å². The van der Waals surface area contributed by atoms with Crippen LogP contribution in [-0.4, -0.2) is 60.5 Å². The maximum absolute atomic E-state index is 13.8. The number of hydrogen-bond donors (Lipinski definition) is 2. The van der Waals surface area contributed by atoms with E-state index < -0.39 is 29.6 Å². The Morgan fingerprint density at radius 1 is 1.27 bits per heavy atom. The summed E-state index contributed by atoms with van der Waals surface area (Å²) in [4.78, 5) is 27.6. The number of rotatable bonds is 2. The molecule has 26 heavy (non-hydrogen) atoms. The van der Waals surface area contributed by atoms with E-state index in [1.807, 2.05) is 4.90 Å². The van der Waals surface area contributed by atoms with Crippen LogP contribution in [0.4, 0.5) is 22.4 Å². The fraction of sp³-hybridized carbons (Fsp3) is 0.500. The largest absolute Gasteiger partial charge is 0.416 e. The third kappa shape index (κ3) is 3.90. The van der Waals surface area contributed by atoms with Gasteiger partial charge in [0, 0.05) is 44.8 Å². The average Bonchev–Trinajstić information content (AvgIpc) is 2.59. The van der Waals surface area contributed by atoms with Gasteiger partial charge in [0.25, 0.3) is 0 Å². The van der Waals surface area contributed by atoms with Gasteiger partial charge in [0.2, 0.25) is 5.91 Å². The van der Waals surface area contributed by atoms with Crippen molar-refractivity contribution >= 4 is 11.9 Å². The van der Waals surface area contributed by atoms with Crippen molar-refractivity contribution in [3.05, 3.63) is 35.1 Å². The van der Waals surface area contributed by atoms with Gasteiger partial charge in [-0.3, -0.25) is 9.69 Å². The first-order valence-electron chi connectivity index (χ1n) is 8.16. The quantitative estimate of drug-likeness (QED) is 0.764. The van der Waals surface area contributed by atoms with Crippen LogP contribution in [0.3, 0.4) is 0 Å². The number of carbonyl (C=O) groups is 2. The SMILES string of the molecule is O=C1NCCN2CCN(C(=O)NCc3ccc(C(F)(F)F)cc3F)C[C@@H]12. The van der Waals surface area contributed by atoms with E-state index in [4.69, 9.17) is 0 Å². The second-order valence-electron chi connectivity index (χ2n) is 6.25. The molecule has 0 saturated carbocycles. The molecular formula is C16H18F4N4O2. The zero-order chi connectivity index (χ0) is 18.9. The maximum atomic E-state index is 13.8. The van der Waals surface area contributed by atoms with Crippen molar-refractivity contribution in [2.75, 3.05) is 32.7 Å². The van der Waals surface area contributed by atoms with Crippen LogP contribution in [0.2, 0.25) is 0 Å². The van der Waals surface area contributed by atoms with Crippen molar-refractivity contribution in [2.45, 2.75) is 18.8 Å². The number of amides is 3. The number of urea groups is 1. The molecule has 0 aromatic heterocycles. The smallest absolute Gasteiger partial charge is 0.353 e. The molecule has 2 fully saturated rings. The van der Waals surface area contributed by atoms with Gasteiger partial charge in [-0.1, -0.05) is 6.07 Å². The molecule has 0 unspecified atom stereocenters. The zero-order valence-electron chi connectivity index (χ0n) is 13.8. The summed E-state index contributed by atoms with van der Waals surface area (Å²) >= 11 is 0. The number of benzene rings is 1. The predicted molar refractivity (Wildman–Crippen MR) is 83.6 cm³/mol. The number of piperazine rings is 2. The summed E-state index contributed by atoms with van der Waals surface area (Å²) in [6.07, 6.45) is -4.62. The van der Waals surface area contributed by atoms with Crippen LogP contribution >= 0.6 is 0 Å². The van der Waals surface area contributed by atoms with E-state index in [1.165, 1.54) is 4.90 Å². The normalized spacial score (nSPS) is 21.2. The Hall–Kier alpha value is -2.36. The first-order chi connectivity index (χ1) is 12.3. The van der Waals surface area contributed by atoms with Crippen LogP contribution in [-0.2, 0) is 17.5 Å². The van der Waals surface area contributed by atoms with Gasteiger partial charge >= 0.3 is 12.2 Å². The first-order valence-corrected chi connectivity index (χ1v) is 8.16. The lowest BCUT2D eigenvalue weighted by molar-refractivity contribution is -0.137. The molecule has 0 spiro atoms. The van der Waals surface area contributed by atoms with Crippen LogP contribution in [0.25, 0.3) is 0 Å². The summed E-state index contributed by atoms with van der Waals surface area (Å²) in [5.41, 5.74) is -1.12. The summed E-state index contributed by atoms with van der Waals surface area (Å²) < 4.78 is 51.5. The minimum atomic E-state index is -4.62. The second kappa shape index (κ2) is 7.10. The van der Waals surface area contributed by atoms with Crippen LogP contribution in [0, 0.1) is 5.82 Å². The monoisotopic (exact) mass is 374 g/mol. The number of nitrogens with zero attached hydrogens (tertiary/aromatic N) is 2. The summed E-state index contributed by atoms with van der Waals surface area (Å²) in [6, 6.07) is 1.29. The van der Waals surface area contributed by atoms with Gasteiger partial charge in [-0.05, 0) is 12.1 Å². The Balaban J connectivity index is 1.58. The van der Waals surface area contributed by atoms with Crippen molar-refractivity contribution in [1.82, 2.24) is 20.4 Å². The zero-order valence-corrected chi connectivity index (χ0v) is 13.8. The first kappa shape index (κ1) is 18.4. The number of alkyl halides is 3. The van der Waals surface area contributed by atoms with Gasteiger partial charge in [-0.15, -0.1) is 0 Å². The van der Waals surface area contributed by atoms with Crippen molar-refractivity contribution < 1.29 is 27.2 Å². The Morgan fingerprint density at radius 2 is 2.04 bits per heavy atom. The third-order valence-corrected chi connectivity index (χ3v) is 4.59. The van der Waals surface area contributed by atoms with Gasteiger partial charge in [-0.25, -0.2) is 9.18 Å². The summed E-state index contributed by atoms with van der Waals surface area (Å²) in [7, 11) is 0. The summed E-state index contributed by atoms with van der Waals surface area (Å²) in [5.74, 6) is -1.17. The van der Waals surface area contributed by atoms with Crippen molar-refractivity contribution in [1.29, 1.82) is 0 Å². The molecule has 142 valence electrons. The van der Waals surface area contributed by atoms with E-state index in [0.29, 0.717) is 25.7 Å². The molecule has 3 rings (SSSR count). The number of nitrogens with one attached hydrogen (secondary N) is 2. The lowest BCUT2D eigenvalue weighted by atomic mass is 10.1. The van der Waals surface area contributed by atoms with Crippen molar-refractivity contribution in [3.63, 3.8) is 0 Å². The van der Waals surface area contributed by atoms with E-state index >= 15 is 0 Å². The van der Waals surface area contributed by atoms with Gasteiger partial charge in [-0.2, -0.15) is 13.2 Å². The molecule has 2 saturated heterocycles. The molecule has 2 aliphatic rings. The van der Waals surface area contributed by atoms with E-state index in [-0.39, 0.29) is 24.6 Å². The molecule has 10 heteroatoms. The van der Waals surface area contributed by atoms with Crippen LogP contribution in [0.15, 0.2) is 18.2 Å². The minimum absolute atomic E-state index is 0.0413. The van der Waals surface area contributed by atoms with Gasteiger partial charge in [0.05, 0.1) is 5.56 Å². The summed E-state index contributed by atoms with van der Waals surface area (Å²) in [6.45, 7) is 2.26. The molecule has 1 aromatic carbocycles. The van der Waals surface area contributed by atoms with Crippen LogP contribution in [0.1, 0.15) is 11.1 Å². The highest BCUT2D eigenvalue weighted by Crippen LogP contribution is 2.30. The van der Waals surface area contributed by atoms with Crippen molar-refractivity contribution in [2.24, 2.45) is 0 Å². The maximum Gasteiger partial charge on any atom is 0.416 e. The fourth-order valence-electron chi connectivity index (χ4n) is 3.11. The Bertz CT molecular complexity index is 710. The molecule has 3 amide bonds. The molecule has 0 aliphatic carbocycles. The van der Waals surface area contributed by atoms with Gasteiger partial charge in [0.15, 0.2) is 0 Å². The molecule has 0 bridgehead atoms. The molecule has 1 aromatic rings. The highest BCUT2D eigenvalue weighted by Gasteiger charge is 2.36. The number of hydrogen-bond acceptors (Lipinski definition) is 3. The standard InChI is InChI=1S/C16H18F4N4O2/c17-12-7-11(16(18,19)20)2-1-10(12)8-22-15(26)24-6-5-23-4-3-21-14(25)13(23)9-24/h1-2,7,13H,3-6,8-9H2,(H,21,25)(H,22,26)/t13-/m0/s1. The van der Waals surface area contributed by atoms with E-state index in [1.54, 1.807) is 0 Å². The van der Waals surface area contributed by atoms with Crippen LogP contribution in [0.5, 0.6) is 0 Å². The topological polar surface area (TPSA) is 64.7 Å². The highest BCUT2D eigenvalue weighted by atomic mass is 19.4. The minimum Gasteiger partial charge on any atom is -0.353 e. The predicted octanol–water partition coefficient (Wildman–Crippen LogP) is 1.17. The Morgan fingerprint density at radius 3 is 2.73 bits per heavy atom. The lowest BCUT2D eigenvalue weighted by Crippen LogP contribution is -2.65. The Kier molecular flexibility index (Phi) is 5.03. The highest BCUT2D eigenvalue weighted by molar-refractivity contribution is 5.84. The van der Waals surface area contributed by atoms with E-state index in [9.17, 15) is 27.2 Å². The molecule has 2 aliphatic heterocycles. The number of fused-ring (bicyclic) bond motifs is 1. The van der Waals surface area contributed by atoms with Crippen LogP contribution < -0.4 is 10.6 Å². The van der Waals surface area contributed by atoms with E-state index in [2.05, 4.69) is 10.6 Å². The molecule has 1 atom stereocenters. The molecule has 0 radical (unpaired) electrons. The summed E-state index contributed by atoms with van der Waals surface area (Å²) in [5, 5.41) is 5.24. The second-order valence-corrected chi connectivity index (χ2v) is 6.25. The Labute approximate surface area is 147 Å². The molecule has 2 N–H and O–H groups in total. The average molecular weight is 374 g/mol. The van der Waals surface area contributed by atoms with Crippen molar-refractivity contribution in [3.8, 4) is 0 Å². The third-order valence-electron chi connectivity index (χ3n) is 4.59. The number of carbonyl (C=O) groups excluding carboxylic acids is 2. The van der Waals surface area contributed by atoms with E-state index in [0.717, 1.165) is 18.7 Å². The lowest BCUT2D eigenvalue weighted by Gasteiger charge is -2.42. The molecular weight excluding hydrogens is 356 g/mol. The fourth-order valence-corrected chi connectivity index (χ4v) is 3.11. The molecule has 6 nitrogen and oxygen atoms in total. The number of halogens is 4.